The summed E-state index contributed by atoms with van der Waals surface area (Å²) in [5.74, 6) is -1.83. The zero-order valence-electron chi connectivity index (χ0n) is 17.0. The zero-order chi connectivity index (χ0) is 20.9. The Balaban J connectivity index is 1.49. The smallest absolute Gasteiger partial charge is 0.246 e. The van der Waals surface area contributed by atoms with Crippen LogP contribution in [0.25, 0.3) is 0 Å². The Morgan fingerprint density at radius 1 is 1.27 bits per heavy atom. The van der Waals surface area contributed by atoms with Crippen molar-refractivity contribution in [3.8, 4) is 0 Å². The van der Waals surface area contributed by atoms with E-state index in [2.05, 4.69) is 10.6 Å². The first kappa shape index (κ1) is 19.8. The molecule has 8 heteroatoms. The second-order valence-corrected chi connectivity index (χ2v) is 9.74. The Hall–Kier alpha value is -2.19. The largest absolute Gasteiger partial charge is 0.359 e. The summed E-state index contributed by atoms with van der Waals surface area (Å²) >= 11 is 1.55. The van der Waals surface area contributed by atoms with Gasteiger partial charge in [-0.25, -0.2) is 0 Å². The molecule has 4 heterocycles. The molecule has 5 rings (SSSR count). The summed E-state index contributed by atoms with van der Waals surface area (Å²) in [6.07, 6.45) is 8.59. The van der Waals surface area contributed by atoms with Crippen molar-refractivity contribution in [1.29, 1.82) is 0 Å². The van der Waals surface area contributed by atoms with Gasteiger partial charge in [0.05, 0.1) is 24.5 Å². The van der Waals surface area contributed by atoms with Crippen LogP contribution >= 0.6 is 11.3 Å². The fourth-order valence-electron chi connectivity index (χ4n) is 5.70. The van der Waals surface area contributed by atoms with Gasteiger partial charge in [0.15, 0.2) is 0 Å². The minimum atomic E-state index is -1.07. The molecule has 4 aliphatic rings. The third kappa shape index (κ3) is 2.92. The van der Waals surface area contributed by atoms with Gasteiger partial charge < -0.3 is 20.3 Å². The number of hydrogen-bond donors (Lipinski definition) is 2. The highest BCUT2D eigenvalue weighted by Gasteiger charge is 2.72. The predicted octanol–water partition coefficient (Wildman–Crippen LogP) is 1.59. The lowest BCUT2D eigenvalue weighted by atomic mass is 9.74. The van der Waals surface area contributed by atoms with Gasteiger partial charge in [0, 0.05) is 18.0 Å². The van der Waals surface area contributed by atoms with E-state index in [0.29, 0.717) is 6.54 Å². The molecule has 1 spiro atoms. The number of nitrogens with zero attached hydrogens (tertiary/aromatic N) is 1. The number of thiophene rings is 1. The summed E-state index contributed by atoms with van der Waals surface area (Å²) in [6, 6.07) is 3.27. The summed E-state index contributed by atoms with van der Waals surface area (Å²) in [5.41, 5.74) is -1.07. The van der Waals surface area contributed by atoms with Crippen LogP contribution in [0.4, 0.5) is 0 Å². The van der Waals surface area contributed by atoms with Crippen LogP contribution in [0.1, 0.15) is 37.0 Å². The second kappa shape index (κ2) is 7.50. The molecular formula is C22H27N3O4S. The van der Waals surface area contributed by atoms with Crippen LogP contribution in [-0.2, 0) is 25.7 Å². The van der Waals surface area contributed by atoms with E-state index >= 15 is 0 Å². The van der Waals surface area contributed by atoms with E-state index in [1.54, 1.807) is 23.3 Å². The van der Waals surface area contributed by atoms with Crippen molar-refractivity contribution in [2.24, 2.45) is 11.8 Å². The molecule has 1 aliphatic carbocycles. The number of likely N-dealkylation sites (tertiary alicyclic amines) is 1. The Morgan fingerprint density at radius 2 is 2.07 bits per heavy atom. The zero-order valence-corrected chi connectivity index (χ0v) is 17.8. The molecule has 2 saturated heterocycles. The maximum Gasteiger partial charge on any atom is 0.246 e. The van der Waals surface area contributed by atoms with Crippen LogP contribution in [0.2, 0.25) is 0 Å². The molecule has 3 amide bonds. The highest BCUT2D eigenvalue weighted by Crippen LogP contribution is 2.55. The molecule has 0 aromatic carbocycles. The maximum atomic E-state index is 13.6. The van der Waals surface area contributed by atoms with E-state index in [1.807, 2.05) is 29.7 Å². The molecule has 0 radical (unpaired) electrons. The van der Waals surface area contributed by atoms with Gasteiger partial charge in [-0.15, -0.1) is 11.3 Å². The molecule has 0 unspecified atom stereocenters. The summed E-state index contributed by atoms with van der Waals surface area (Å²) < 4.78 is 6.27. The lowest BCUT2D eigenvalue weighted by Crippen LogP contribution is -2.56. The monoisotopic (exact) mass is 429 g/mol. The van der Waals surface area contributed by atoms with Gasteiger partial charge in [-0.3, -0.25) is 14.4 Å². The van der Waals surface area contributed by atoms with E-state index in [1.165, 1.54) is 6.42 Å². The van der Waals surface area contributed by atoms with Crippen LogP contribution in [-0.4, -0.2) is 53.5 Å². The van der Waals surface area contributed by atoms with Gasteiger partial charge in [-0.05, 0) is 24.3 Å². The number of carbonyl (C=O) groups is 3. The molecule has 3 aliphatic heterocycles. The second-order valence-electron chi connectivity index (χ2n) is 8.70. The molecule has 2 N–H and O–H groups in total. The van der Waals surface area contributed by atoms with Gasteiger partial charge in [0.25, 0.3) is 0 Å². The summed E-state index contributed by atoms with van der Waals surface area (Å²) in [5, 5.41) is 7.82. The van der Waals surface area contributed by atoms with Crippen LogP contribution in [0, 0.1) is 11.8 Å². The van der Waals surface area contributed by atoms with Crippen molar-refractivity contribution < 1.29 is 19.1 Å². The lowest BCUT2D eigenvalue weighted by molar-refractivity contribution is -0.142. The first-order valence-electron chi connectivity index (χ1n) is 10.8. The standard InChI is InChI=1S/C22H27N3O4S/c1-23-19(26)16-15-9-10-22(29-15)17(16)21(28)25(12-14-8-5-11-30-14)18(22)20(27)24-13-6-3-2-4-7-13/h5,8-11,13,15-18H,2-4,6-7,12H2,1H3,(H,23,26)(H,24,27)/t15-,16+,17+,18-,22+/m1/s1. The fraction of sp³-hybridized carbons (Fsp3) is 0.591. The van der Waals surface area contributed by atoms with E-state index in [4.69, 9.17) is 4.74 Å². The van der Waals surface area contributed by atoms with Crippen LogP contribution < -0.4 is 10.6 Å². The number of ether oxygens (including phenoxy) is 1. The minimum Gasteiger partial charge on any atom is -0.359 e. The molecule has 30 heavy (non-hydrogen) atoms. The van der Waals surface area contributed by atoms with Crippen molar-refractivity contribution in [3.05, 3.63) is 34.5 Å². The van der Waals surface area contributed by atoms with Gasteiger partial charge in [0.2, 0.25) is 17.7 Å². The quantitative estimate of drug-likeness (QED) is 0.696. The van der Waals surface area contributed by atoms with E-state index in [9.17, 15) is 14.4 Å². The molecule has 3 fully saturated rings. The van der Waals surface area contributed by atoms with Crippen molar-refractivity contribution >= 4 is 29.1 Å². The normalized spacial score (nSPS) is 35.0. The average Bonchev–Trinajstić information content (AvgIpc) is 3.51. The lowest BCUT2D eigenvalue weighted by Gasteiger charge is -2.34. The van der Waals surface area contributed by atoms with E-state index < -0.39 is 29.6 Å². The summed E-state index contributed by atoms with van der Waals surface area (Å²) in [7, 11) is 1.57. The number of hydrogen-bond acceptors (Lipinski definition) is 5. The number of amides is 3. The van der Waals surface area contributed by atoms with Crippen molar-refractivity contribution in [1.82, 2.24) is 15.5 Å². The molecule has 5 atom stereocenters. The van der Waals surface area contributed by atoms with Crippen LogP contribution in [0.15, 0.2) is 29.7 Å². The van der Waals surface area contributed by atoms with E-state index in [0.717, 1.165) is 30.6 Å². The van der Waals surface area contributed by atoms with Gasteiger partial charge in [0.1, 0.15) is 11.6 Å². The Morgan fingerprint density at radius 3 is 2.77 bits per heavy atom. The Bertz CT molecular complexity index is 879. The number of fused-ring (bicyclic) bond motifs is 1. The first-order valence-corrected chi connectivity index (χ1v) is 11.6. The maximum absolute atomic E-state index is 13.6. The number of rotatable bonds is 5. The Labute approximate surface area is 179 Å². The van der Waals surface area contributed by atoms with Gasteiger partial charge in [-0.2, -0.15) is 0 Å². The fourth-order valence-corrected chi connectivity index (χ4v) is 6.40. The third-order valence-electron chi connectivity index (χ3n) is 7.03. The van der Waals surface area contributed by atoms with Crippen LogP contribution in [0.3, 0.4) is 0 Å². The Kier molecular flexibility index (Phi) is 4.94. The molecule has 2 bridgehead atoms. The summed E-state index contributed by atoms with van der Waals surface area (Å²) in [6.45, 7) is 0.347. The first-order chi connectivity index (χ1) is 14.5. The molecule has 7 nitrogen and oxygen atoms in total. The average molecular weight is 430 g/mol. The molecular weight excluding hydrogens is 402 g/mol. The number of carbonyl (C=O) groups excluding carboxylic acids is 3. The molecule has 1 saturated carbocycles. The van der Waals surface area contributed by atoms with Gasteiger partial charge in [-0.1, -0.05) is 37.5 Å². The highest BCUT2D eigenvalue weighted by molar-refractivity contribution is 7.09. The molecule has 160 valence electrons. The summed E-state index contributed by atoms with van der Waals surface area (Å²) in [4.78, 5) is 42.4. The molecule has 1 aromatic rings. The third-order valence-corrected chi connectivity index (χ3v) is 7.89. The van der Waals surface area contributed by atoms with Crippen molar-refractivity contribution in [3.63, 3.8) is 0 Å². The van der Waals surface area contributed by atoms with Crippen molar-refractivity contribution in [2.75, 3.05) is 7.05 Å². The highest BCUT2D eigenvalue weighted by atomic mass is 32.1. The predicted molar refractivity (Wildman–Crippen MR) is 111 cm³/mol. The topological polar surface area (TPSA) is 87.7 Å². The molecule has 1 aromatic heterocycles. The van der Waals surface area contributed by atoms with Crippen LogP contribution in [0.5, 0.6) is 0 Å². The van der Waals surface area contributed by atoms with E-state index in [-0.39, 0.29) is 23.8 Å². The SMILES string of the molecule is CNC(=O)[C@@H]1[C@H]2C(=O)N(Cc3cccs3)[C@H](C(=O)NC3CCCCC3)[C@]23C=C[C@H]1O3. The van der Waals surface area contributed by atoms with Gasteiger partial charge >= 0.3 is 0 Å². The van der Waals surface area contributed by atoms with Crippen molar-refractivity contribution in [2.45, 2.75) is 62.4 Å². The minimum absolute atomic E-state index is 0.137. The number of nitrogens with one attached hydrogen (secondary N) is 2.